The molecule has 2 aromatic carbocycles. The maximum atomic E-state index is 12.1. The number of aryl methyl sites for hydroxylation is 1. The summed E-state index contributed by atoms with van der Waals surface area (Å²) in [6.45, 7) is 2.42. The molecule has 0 aliphatic carbocycles. The number of carbonyl (C=O) groups excluding carboxylic acids is 1. The van der Waals surface area contributed by atoms with Gasteiger partial charge in [-0.25, -0.2) is 0 Å². The molecule has 4 heteroatoms. The van der Waals surface area contributed by atoms with Crippen LogP contribution in [0.1, 0.15) is 21.5 Å². The van der Waals surface area contributed by atoms with Crippen molar-refractivity contribution in [3.05, 3.63) is 64.2 Å². The summed E-state index contributed by atoms with van der Waals surface area (Å²) >= 11 is 5.83. The minimum atomic E-state index is -0.0693. The highest BCUT2D eigenvalue weighted by molar-refractivity contribution is 6.30. The van der Waals surface area contributed by atoms with Gasteiger partial charge in [0.15, 0.2) is 0 Å². The van der Waals surface area contributed by atoms with Gasteiger partial charge in [0.1, 0.15) is 0 Å². The summed E-state index contributed by atoms with van der Waals surface area (Å²) in [6.07, 6.45) is 0. The molecule has 20 heavy (non-hydrogen) atoms. The van der Waals surface area contributed by atoms with E-state index in [1.807, 2.05) is 56.4 Å². The van der Waals surface area contributed by atoms with Crippen LogP contribution in [-0.2, 0) is 6.54 Å². The topological polar surface area (TPSA) is 41.1 Å². The third-order valence-corrected chi connectivity index (χ3v) is 3.38. The standard InChI is InChI=1S/C16H17ClN2O/c1-11-9-14(18-2)7-8-15(11)16(20)19-10-12-3-5-13(17)6-4-12/h3-9,18H,10H2,1-2H3,(H,19,20). The summed E-state index contributed by atoms with van der Waals surface area (Å²) in [5.74, 6) is -0.0693. The van der Waals surface area contributed by atoms with Crippen LogP contribution in [0.5, 0.6) is 0 Å². The van der Waals surface area contributed by atoms with Gasteiger partial charge in [0.2, 0.25) is 0 Å². The molecular weight excluding hydrogens is 272 g/mol. The number of carbonyl (C=O) groups is 1. The molecular formula is C16H17ClN2O. The van der Waals surface area contributed by atoms with Crippen molar-refractivity contribution in [2.45, 2.75) is 13.5 Å². The molecule has 2 aromatic rings. The Bertz CT molecular complexity index is 608. The maximum absolute atomic E-state index is 12.1. The van der Waals surface area contributed by atoms with Crippen LogP contribution >= 0.6 is 11.6 Å². The first-order valence-corrected chi connectivity index (χ1v) is 6.79. The zero-order chi connectivity index (χ0) is 14.5. The summed E-state index contributed by atoms with van der Waals surface area (Å²) in [6, 6.07) is 13.1. The van der Waals surface area contributed by atoms with Gasteiger partial charge in [-0.15, -0.1) is 0 Å². The molecule has 0 radical (unpaired) electrons. The lowest BCUT2D eigenvalue weighted by molar-refractivity contribution is 0.0950. The quantitative estimate of drug-likeness (QED) is 0.902. The molecule has 0 spiro atoms. The second-order valence-electron chi connectivity index (χ2n) is 4.59. The fourth-order valence-corrected chi connectivity index (χ4v) is 2.08. The van der Waals surface area contributed by atoms with Crippen molar-refractivity contribution < 1.29 is 4.79 Å². The van der Waals surface area contributed by atoms with Gasteiger partial charge < -0.3 is 10.6 Å². The van der Waals surface area contributed by atoms with Crippen molar-refractivity contribution in [2.24, 2.45) is 0 Å². The van der Waals surface area contributed by atoms with Gasteiger partial charge in [-0.1, -0.05) is 23.7 Å². The molecule has 0 saturated heterocycles. The van der Waals surface area contributed by atoms with Crippen molar-refractivity contribution in [1.82, 2.24) is 5.32 Å². The molecule has 0 aliphatic rings. The molecule has 3 nitrogen and oxygen atoms in total. The predicted octanol–water partition coefficient (Wildman–Crippen LogP) is 3.62. The minimum Gasteiger partial charge on any atom is -0.388 e. The van der Waals surface area contributed by atoms with Gasteiger partial charge >= 0.3 is 0 Å². The van der Waals surface area contributed by atoms with Crippen LogP contribution in [0.25, 0.3) is 0 Å². The van der Waals surface area contributed by atoms with E-state index in [1.54, 1.807) is 0 Å². The minimum absolute atomic E-state index is 0.0693. The molecule has 1 amide bonds. The van der Waals surface area contributed by atoms with Gasteiger partial charge in [-0.05, 0) is 48.4 Å². The van der Waals surface area contributed by atoms with Crippen molar-refractivity contribution in [1.29, 1.82) is 0 Å². The number of halogens is 1. The molecule has 0 fully saturated rings. The zero-order valence-corrected chi connectivity index (χ0v) is 12.3. The van der Waals surface area contributed by atoms with E-state index in [0.29, 0.717) is 17.1 Å². The van der Waals surface area contributed by atoms with Crippen LogP contribution in [0.3, 0.4) is 0 Å². The second kappa shape index (κ2) is 6.44. The lowest BCUT2D eigenvalue weighted by atomic mass is 10.1. The number of nitrogens with one attached hydrogen (secondary N) is 2. The number of benzene rings is 2. The van der Waals surface area contributed by atoms with Gasteiger partial charge in [0.25, 0.3) is 5.91 Å². The van der Waals surface area contributed by atoms with Crippen LogP contribution < -0.4 is 10.6 Å². The monoisotopic (exact) mass is 288 g/mol. The van der Waals surface area contributed by atoms with Crippen molar-refractivity contribution in [3.63, 3.8) is 0 Å². The Hall–Kier alpha value is -2.00. The van der Waals surface area contributed by atoms with E-state index in [0.717, 1.165) is 16.8 Å². The van der Waals surface area contributed by atoms with Crippen LogP contribution in [0.2, 0.25) is 5.02 Å². The third-order valence-electron chi connectivity index (χ3n) is 3.13. The summed E-state index contributed by atoms with van der Waals surface area (Å²) in [4.78, 5) is 12.1. The molecule has 2 rings (SSSR count). The molecule has 0 aliphatic heterocycles. The van der Waals surface area contributed by atoms with Crippen LogP contribution in [0.15, 0.2) is 42.5 Å². The van der Waals surface area contributed by atoms with Gasteiger partial charge in [0.05, 0.1) is 0 Å². The summed E-state index contributed by atoms with van der Waals surface area (Å²) in [5, 5.41) is 6.66. The molecule has 0 atom stereocenters. The van der Waals surface area contributed by atoms with Gasteiger partial charge in [-0.2, -0.15) is 0 Å². The number of hydrogen-bond acceptors (Lipinski definition) is 2. The fraction of sp³-hybridized carbons (Fsp3) is 0.188. The van der Waals surface area contributed by atoms with E-state index >= 15 is 0 Å². The van der Waals surface area contributed by atoms with Crippen LogP contribution in [0.4, 0.5) is 5.69 Å². The molecule has 0 aromatic heterocycles. The van der Waals surface area contributed by atoms with E-state index in [-0.39, 0.29) is 5.91 Å². The molecule has 0 saturated carbocycles. The maximum Gasteiger partial charge on any atom is 0.251 e. The Kier molecular flexibility index (Phi) is 4.64. The second-order valence-corrected chi connectivity index (χ2v) is 5.03. The Morgan fingerprint density at radius 2 is 1.85 bits per heavy atom. The van der Waals surface area contributed by atoms with E-state index in [4.69, 9.17) is 11.6 Å². The number of amides is 1. The van der Waals surface area contributed by atoms with Crippen molar-refractivity contribution in [2.75, 3.05) is 12.4 Å². The smallest absolute Gasteiger partial charge is 0.251 e. The zero-order valence-electron chi connectivity index (χ0n) is 11.5. The Labute approximate surface area is 124 Å². The predicted molar refractivity (Wildman–Crippen MR) is 83.3 cm³/mol. The highest BCUT2D eigenvalue weighted by atomic mass is 35.5. The fourth-order valence-electron chi connectivity index (χ4n) is 1.95. The van der Waals surface area contributed by atoms with Crippen LogP contribution in [-0.4, -0.2) is 13.0 Å². The first-order valence-electron chi connectivity index (χ1n) is 6.41. The van der Waals surface area contributed by atoms with E-state index < -0.39 is 0 Å². The number of rotatable bonds is 4. The average Bonchev–Trinajstić information content (AvgIpc) is 2.46. The Balaban J connectivity index is 2.03. The molecule has 0 heterocycles. The largest absolute Gasteiger partial charge is 0.388 e. The van der Waals surface area contributed by atoms with Crippen LogP contribution in [0, 0.1) is 6.92 Å². The number of anilines is 1. The lowest BCUT2D eigenvalue weighted by Crippen LogP contribution is -2.23. The van der Waals surface area contributed by atoms with Crippen molar-refractivity contribution >= 4 is 23.2 Å². The molecule has 104 valence electrons. The summed E-state index contributed by atoms with van der Waals surface area (Å²) in [7, 11) is 1.86. The SMILES string of the molecule is CNc1ccc(C(=O)NCc2ccc(Cl)cc2)c(C)c1. The van der Waals surface area contributed by atoms with E-state index in [9.17, 15) is 4.79 Å². The lowest BCUT2D eigenvalue weighted by Gasteiger charge is -2.09. The molecule has 0 bridgehead atoms. The third kappa shape index (κ3) is 3.52. The first-order chi connectivity index (χ1) is 9.60. The first kappa shape index (κ1) is 14.4. The summed E-state index contributed by atoms with van der Waals surface area (Å²) < 4.78 is 0. The summed E-state index contributed by atoms with van der Waals surface area (Å²) in [5.41, 5.74) is 3.66. The highest BCUT2D eigenvalue weighted by Gasteiger charge is 2.08. The normalized spacial score (nSPS) is 10.2. The number of hydrogen-bond donors (Lipinski definition) is 2. The van der Waals surface area contributed by atoms with E-state index in [1.165, 1.54) is 0 Å². The highest BCUT2D eigenvalue weighted by Crippen LogP contribution is 2.15. The molecule has 0 unspecified atom stereocenters. The van der Waals surface area contributed by atoms with Crippen molar-refractivity contribution in [3.8, 4) is 0 Å². The Morgan fingerprint density at radius 1 is 1.15 bits per heavy atom. The van der Waals surface area contributed by atoms with Gasteiger partial charge in [0, 0.05) is 29.9 Å². The average molecular weight is 289 g/mol. The van der Waals surface area contributed by atoms with E-state index in [2.05, 4.69) is 10.6 Å². The van der Waals surface area contributed by atoms with Gasteiger partial charge in [-0.3, -0.25) is 4.79 Å². The molecule has 2 N–H and O–H groups in total. The Morgan fingerprint density at radius 3 is 2.45 bits per heavy atom.